The molecule has 1 aromatic carbocycles. The summed E-state index contributed by atoms with van der Waals surface area (Å²) in [7, 11) is 0. The van der Waals surface area contributed by atoms with E-state index in [-0.39, 0.29) is 0 Å². The molecule has 92 valence electrons. The lowest BCUT2D eigenvalue weighted by molar-refractivity contribution is 0.555. The minimum Gasteiger partial charge on any atom is -0.408 e. The largest absolute Gasteiger partial charge is 0.417 e. The normalized spacial score (nSPS) is 13.4. The number of aromatic amines is 1. The van der Waals surface area contributed by atoms with E-state index in [1.807, 2.05) is 6.07 Å². The number of fused-ring (bicyclic) bond motifs is 1. The van der Waals surface area contributed by atoms with Crippen LogP contribution in [0, 0.1) is 5.92 Å². The molecule has 0 fully saturated rings. The van der Waals surface area contributed by atoms with Crippen molar-refractivity contribution in [1.29, 1.82) is 0 Å². The summed E-state index contributed by atoms with van der Waals surface area (Å²) in [6, 6.07) is 3.57. The van der Waals surface area contributed by atoms with E-state index in [4.69, 9.17) is 10.2 Å². The first-order valence-electron chi connectivity index (χ1n) is 5.56. The topological polar surface area (TPSA) is 72.0 Å². The maximum Gasteiger partial charge on any atom is 0.417 e. The van der Waals surface area contributed by atoms with Crippen LogP contribution in [0.2, 0.25) is 0 Å². The number of nitrogens with two attached hydrogens (primary N) is 1. The fourth-order valence-corrected chi connectivity index (χ4v) is 2.49. The zero-order chi connectivity index (χ0) is 12.6. The summed E-state index contributed by atoms with van der Waals surface area (Å²) < 4.78 is 4.96. The lowest BCUT2D eigenvalue weighted by atomic mass is 10.2. The number of aromatic nitrogens is 1. The Balaban J connectivity index is 2.40. The number of oxazole rings is 1. The molecule has 0 aliphatic rings. The van der Waals surface area contributed by atoms with Gasteiger partial charge in [-0.1, -0.05) is 20.8 Å². The summed E-state index contributed by atoms with van der Waals surface area (Å²) in [6.07, 6.45) is 0. The predicted molar refractivity (Wildman–Crippen MR) is 71.4 cm³/mol. The lowest BCUT2D eigenvalue weighted by Gasteiger charge is -2.15. The van der Waals surface area contributed by atoms with Crippen molar-refractivity contribution < 1.29 is 4.42 Å². The van der Waals surface area contributed by atoms with Gasteiger partial charge in [0, 0.05) is 21.9 Å². The number of benzene rings is 1. The second-order valence-corrected chi connectivity index (χ2v) is 5.89. The number of nitrogen functional groups attached to an aromatic ring is 1. The Labute approximate surface area is 104 Å². The summed E-state index contributed by atoms with van der Waals surface area (Å²) in [5, 5.41) is 0.466. The highest BCUT2D eigenvalue weighted by Crippen LogP contribution is 2.34. The lowest BCUT2D eigenvalue weighted by Crippen LogP contribution is -2.05. The smallest absolute Gasteiger partial charge is 0.408 e. The molecule has 0 saturated carbocycles. The van der Waals surface area contributed by atoms with Crippen molar-refractivity contribution in [2.24, 2.45) is 5.92 Å². The fraction of sp³-hybridized carbons (Fsp3) is 0.417. The highest BCUT2D eigenvalue weighted by atomic mass is 32.2. The third-order valence-corrected chi connectivity index (χ3v) is 4.33. The van der Waals surface area contributed by atoms with Gasteiger partial charge in [-0.15, -0.1) is 11.8 Å². The van der Waals surface area contributed by atoms with Gasteiger partial charge in [0.2, 0.25) is 0 Å². The minimum absolute atomic E-state index is 0.446. The van der Waals surface area contributed by atoms with Gasteiger partial charge in [0.15, 0.2) is 5.58 Å². The van der Waals surface area contributed by atoms with E-state index in [0.717, 1.165) is 4.90 Å². The van der Waals surface area contributed by atoms with Crippen molar-refractivity contribution in [2.75, 3.05) is 5.73 Å². The van der Waals surface area contributed by atoms with Crippen LogP contribution in [0.25, 0.3) is 11.1 Å². The first-order chi connectivity index (χ1) is 7.97. The van der Waals surface area contributed by atoms with Crippen molar-refractivity contribution in [3.8, 4) is 0 Å². The monoisotopic (exact) mass is 252 g/mol. The summed E-state index contributed by atoms with van der Waals surface area (Å²) in [5.41, 5.74) is 7.80. The average molecular weight is 252 g/mol. The summed E-state index contributed by atoms with van der Waals surface area (Å²) in [5.74, 6) is 0.122. The van der Waals surface area contributed by atoms with Crippen LogP contribution in [0.4, 0.5) is 5.69 Å². The molecular weight excluding hydrogens is 236 g/mol. The van der Waals surface area contributed by atoms with Gasteiger partial charge in [-0.05, 0) is 12.0 Å². The number of hydrogen-bond acceptors (Lipinski definition) is 4. The Morgan fingerprint density at radius 3 is 2.71 bits per heavy atom. The molecule has 1 heterocycles. The van der Waals surface area contributed by atoms with Crippen LogP contribution in [0.15, 0.2) is 26.2 Å². The molecule has 0 amide bonds. The molecular formula is C12H16N2O2S. The Morgan fingerprint density at radius 1 is 1.35 bits per heavy atom. The van der Waals surface area contributed by atoms with E-state index in [0.29, 0.717) is 28.0 Å². The first kappa shape index (κ1) is 12.1. The van der Waals surface area contributed by atoms with E-state index in [2.05, 4.69) is 25.8 Å². The van der Waals surface area contributed by atoms with E-state index in [1.54, 1.807) is 17.8 Å². The van der Waals surface area contributed by atoms with Crippen LogP contribution in [0.5, 0.6) is 0 Å². The van der Waals surface area contributed by atoms with Gasteiger partial charge in [-0.3, -0.25) is 4.98 Å². The molecule has 1 aromatic heterocycles. The molecule has 5 heteroatoms. The van der Waals surface area contributed by atoms with Crippen LogP contribution in [-0.4, -0.2) is 10.2 Å². The van der Waals surface area contributed by atoms with Gasteiger partial charge < -0.3 is 10.2 Å². The Kier molecular flexibility index (Phi) is 3.19. The Bertz CT molecular complexity index is 586. The molecule has 17 heavy (non-hydrogen) atoms. The van der Waals surface area contributed by atoms with E-state index in [9.17, 15) is 4.79 Å². The van der Waals surface area contributed by atoms with Crippen LogP contribution in [0.3, 0.4) is 0 Å². The number of H-pyrrole nitrogens is 1. The van der Waals surface area contributed by atoms with Crippen molar-refractivity contribution in [3.05, 3.63) is 22.7 Å². The molecule has 0 bridgehead atoms. The van der Waals surface area contributed by atoms with Gasteiger partial charge >= 0.3 is 5.76 Å². The highest BCUT2D eigenvalue weighted by molar-refractivity contribution is 8.00. The van der Waals surface area contributed by atoms with Gasteiger partial charge in [-0.2, -0.15) is 0 Å². The van der Waals surface area contributed by atoms with Gasteiger partial charge in [0.1, 0.15) is 0 Å². The van der Waals surface area contributed by atoms with Crippen LogP contribution >= 0.6 is 11.8 Å². The zero-order valence-electron chi connectivity index (χ0n) is 10.1. The number of nitrogens with one attached hydrogen (secondary N) is 1. The molecule has 0 spiro atoms. The molecule has 0 aliphatic heterocycles. The van der Waals surface area contributed by atoms with E-state index in [1.165, 1.54) is 0 Å². The molecule has 1 unspecified atom stereocenters. The Morgan fingerprint density at radius 2 is 2.06 bits per heavy atom. The molecule has 4 nitrogen and oxygen atoms in total. The third-order valence-electron chi connectivity index (χ3n) is 2.80. The summed E-state index contributed by atoms with van der Waals surface area (Å²) in [6.45, 7) is 6.51. The molecule has 0 saturated heterocycles. The molecule has 2 aromatic rings. The van der Waals surface area contributed by atoms with Crippen LogP contribution in [0.1, 0.15) is 20.8 Å². The summed E-state index contributed by atoms with van der Waals surface area (Å²) in [4.78, 5) is 14.7. The van der Waals surface area contributed by atoms with Crippen LogP contribution < -0.4 is 11.5 Å². The molecule has 2 rings (SSSR count). The number of rotatable bonds is 3. The number of thioether (sulfide) groups is 1. The second kappa shape index (κ2) is 4.49. The standard InChI is InChI=1S/C12H16N2O2S/c1-6(2)7(3)17-11-5-9-10(4-8(11)13)16-12(15)14-9/h4-7H,13H2,1-3H3,(H,14,15). The highest BCUT2D eigenvalue weighted by Gasteiger charge is 2.13. The third kappa shape index (κ3) is 2.49. The van der Waals surface area contributed by atoms with Crippen molar-refractivity contribution in [3.63, 3.8) is 0 Å². The predicted octanol–water partition coefficient (Wildman–Crippen LogP) is 2.84. The maximum atomic E-state index is 11.1. The molecule has 0 aliphatic carbocycles. The van der Waals surface area contributed by atoms with E-state index >= 15 is 0 Å². The van der Waals surface area contributed by atoms with Crippen molar-refractivity contribution in [1.82, 2.24) is 4.98 Å². The van der Waals surface area contributed by atoms with E-state index < -0.39 is 5.76 Å². The molecule has 3 N–H and O–H groups in total. The second-order valence-electron chi connectivity index (χ2n) is 4.47. The number of hydrogen-bond donors (Lipinski definition) is 2. The first-order valence-corrected chi connectivity index (χ1v) is 6.44. The maximum absolute atomic E-state index is 11.1. The average Bonchev–Trinajstić information content (AvgIpc) is 2.57. The SMILES string of the molecule is CC(C)C(C)Sc1cc2[nH]c(=O)oc2cc1N. The molecule has 0 radical (unpaired) electrons. The zero-order valence-corrected chi connectivity index (χ0v) is 10.9. The number of anilines is 1. The van der Waals surface area contributed by atoms with Crippen molar-refractivity contribution in [2.45, 2.75) is 30.9 Å². The van der Waals surface area contributed by atoms with Crippen molar-refractivity contribution >= 4 is 28.5 Å². The Hall–Kier alpha value is -1.36. The fourth-order valence-electron chi connectivity index (χ4n) is 1.43. The summed E-state index contributed by atoms with van der Waals surface area (Å²) >= 11 is 1.71. The molecule has 1 atom stereocenters. The minimum atomic E-state index is -0.446. The van der Waals surface area contributed by atoms with Gasteiger partial charge in [-0.25, -0.2) is 4.79 Å². The quantitative estimate of drug-likeness (QED) is 0.651. The van der Waals surface area contributed by atoms with Gasteiger partial charge in [0.05, 0.1) is 5.52 Å². The van der Waals surface area contributed by atoms with Gasteiger partial charge in [0.25, 0.3) is 0 Å². The van der Waals surface area contributed by atoms with Crippen LogP contribution in [-0.2, 0) is 0 Å².